The van der Waals surface area contributed by atoms with Crippen LogP contribution >= 0.6 is 11.6 Å². The second kappa shape index (κ2) is 7.70. The van der Waals surface area contributed by atoms with Gasteiger partial charge in [0.25, 0.3) is 0 Å². The molecule has 4 rings (SSSR count). The highest BCUT2D eigenvalue weighted by Crippen LogP contribution is 2.34. The Hall–Kier alpha value is -2.15. The summed E-state index contributed by atoms with van der Waals surface area (Å²) in [5.74, 6) is 0.762. The SMILES string of the molecule is CS(=O)(=O)N1CCC(Oc2cc(-c3cccc(Cl)c3)cc3ccncc23)CC1. The van der Waals surface area contributed by atoms with Gasteiger partial charge < -0.3 is 4.74 Å². The van der Waals surface area contributed by atoms with Crippen LogP contribution in [-0.4, -0.2) is 43.2 Å². The van der Waals surface area contributed by atoms with Crippen LogP contribution in [0.4, 0.5) is 0 Å². The molecule has 0 N–H and O–H groups in total. The molecule has 2 aromatic carbocycles. The van der Waals surface area contributed by atoms with Gasteiger partial charge in [0.2, 0.25) is 10.0 Å². The number of aromatic nitrogens is 1. The molecule has 1 aromatic heterocycles. The molecule has 2 heterocycles. The predicted octanol–water partition coefficient (Wildman–Crippen LogP) is 4.36. The molecule has 1 aliphatic heterocycles. The van der Waals surface area contributed by atoms with Gasteiger partial charge in [-0.15, -0.1) is 0 Å². The van der Waals surface area contributed by atoms with E-state index in [0.29, 0.717) is 31.0 Å². The number of rotatable bonds is 4. The van der Waals surface area contributed by atoms with E-state index in [1.165, 1.54) is 10.6 Å². The van der Waals surface area contributed by atoms with E-state index in [9.17, 15) is 8.42 Å². The van der Waals surface area contributed by atoms with Crippen LogP contribution in [0.15, 0.2) is 54.9 Å². The summed E-state index contributed by atoms with van der Waals surface area (Å²) >= 11 is 6.16. The van der Waals surface area contributed by atoms with Crippen molar-refractivity contribution in [1.29, 1.82) is 0 Å². The first-order valence-corrected chi connectivity index (χ1v) is 11.4. The fraction of sp³-hybridized carbons (Fsp3) is 0.286. The van der Waals surface area contributed by atoms with E-state index >= 15 is 0 Å². The molecule has 1 saturated heterocycles. The Morgan fingerprint density at radius 2 is 1.89 bits per heavy atom. The third kappa shape index (κ3) is 4.14. The maximum atomic E-state index is 11.7. The Morgan fingerprint density at radius 3 is 2.61 bits per heavy atom. The highest BCUT2D eigenvalue weighted by molar-refractivity contribution is 7.88. The van der Waals surface area contributed by atoms with Crippen molar-refractivity contribution in [3.8, 4) is 16.9 Å². The molecule has 5 nitrogen and oxygen atoms in total. The highest BCUT2D eigenvalue weighted by Gasteiger charge is 2.26. The zero-order valence-corrected chi connectivity index (χ0v) is 17.1. The van der Waals surface area contributed by atoms with E-state index in [4.69, 9.17) is 16.3 Å². The Labute approximate surface area is 170 Å². The topological polar surface area (TPSA) is 59.5 Å². The van der Waals surface area contributed by atoms with Crippen LogP contribution in [0.3, 0.4) is 0 Å². The molecule has 0 unspecified atom stereocenters. The average molecular weight is 417 g/mol. The monoisotopic (exact) mass is 416 g/mol. The number of piperidine rings is 1. The standard InChI is InChI=1S/C21H21ClN2O3S/c1-28(25,26)24-9-6-19(7-10-24)27-21-13-17(15-3-2-4-18(22)12-15)11-16-5-8-23-14-20(16)21/h2-5,8,11-14,19H,6-7,9-10H2,1H3. The van der Waals surface area contributed by atoms with Crippen LogP contribution < -0.4 is 4.74 Å². The molecule has 7 heteroatoms. The van der Waals surface area contributed by atoms with Crippen LogP contribution in [0.2, 0.25) is 5.02 Å². The Kier molecular flexibility index (Phi) is 5.27. The van der Waals surface area contributed by atoms with Crippen molar-refractivity contribution in [2.24, 2.45) is 0 Å². The highest BCUT2D eigenvalue weighted by atomic mass is 35.5. The van der Waals surface area contributed by atoms with E-state index < -0.39 is 10.0 Å². The molecule has 0 bridgehead atoms. The largest absolute Gasteiger partial charge is 0.490 e. The molecule has 1 aliphatic rings. The average Bonchev–Trinajstić information content (AvgIpc) is 2.67. The van der Waals surface area contributed by atoms with Crippen LogP contribution in [0.25, 0.3) is 21.9 Å². The lowest BCUT2D eigenvalue weighted by Crippen LogP contribution is -2.41. The van der Waals surface area contributed by atoms with Gasteiger partial charge in [-0.3, -0.25) is 4.98 Å². The number of hydrogen-bond donors (Lipinski definition) is 0. The van der Waals surface area contributed by atoms with Crippen molar-refractivity contribution >= 4 is 32.4 Å². The molecule has 1 fully saturated rings. The third-order valence-corrected chi connectivity index (χ3v) is 6.58. The van der Waals surface area contributed by atoms with E-state index in [1.54, 1.807) is 12.4 Å². The molecular formula is C21H21ClN2O3S. The molecule has 0 saturated carbocycles. The van der Waals surface area contributed by atoms with Crippen molar-refractivity contribution in [2.45, 2.75) is 18.9 Å². The summed E-state index contributed by atoms with van der Waals surface area (Å²) in [5.41, 5.74) is 2.03. The van der Waals surface area contributed by atoms with Crippen molar-refractivity contribution < 1.29 is 13.2 Å². The van der Waals surface area contributed by atoms with E-state index in [2.05, 4.69) is 11.1 Å². The second-order valence-electron chi connectivity index (χ2n) is 7.06. The molecule has 0 atom stereocenters. The molecule has 3 aromatic rings. The number of halogens is 1. The maximum Gasteiger partial charge on any atom is 0.211 e. The van der Waals surface area contributed by atoms with Crippen LogP contribution in [-0.2, 0) is 10.0 Å². The maximum absolute atomic E-state index is 11.7. The summed E-state index contributed by atoms with van der Waals surface area (Å²) in [6, 6.07) is 13.8. The van der Waals surface area contributed by atoms with E-state index in [-0.39, 0.29) is 6.10 Å². The van der Waals surface area contributed by atoms with Gasteiger partial charge in [0, 0.05) is 35.9 Å². The van der Waals surface area contributed by atoms with Gasteiger partial charge in [-0.05, 0) is 59.7 Å². The molecule has 0 spiro atoms. The van der Waals surface area contributed by atoms with Crippen LogP contribution in [0.1, 0.15) is 12.8 Å². The predicted molar refractivity (Wildman–Crippen MR) is 112 cm³/mol. The summed E-state index contributed by atoms with van der Waals surface area (Å²) in [5, 5.41) is 2.66. The quantitative estimate of drug-likeness (QED) is 0.634. The molecular weight excluding hydrogens is 396 g/mol. The molecule has 0 aliphatic carbocycles. The third-order valence-electron chi connectivity index (χ3n) is 5.04. The summed E-state index contributed by atoms with van der Waals surface area (Å²) in [7, 11) is -3.15. The number of benzene rings is 2. The zero-order chi connectivity index (χ0) is 19.7. The summed E-state index contributed by atoms with van der Waals surface area (Å²) in [6.07, 6.45) is 6.11. The second-order valence-corrected chi connectivity index (χ2v) is 9.48. The number of ether oxygens (including phenoxy) is 1. The smallest absolute Gasteiger partial charge is 0.211 e. The summed E-state index contributed by atoms with van der Waals surface area (Å²) in [6.45, 7) is 0.960. The lowest BCUT2D eigenvalue weighted by molar-refractivity contribution is 0.137. The minimum Gasteiger partial charge on any atom is -0.490 e. The summed E-state index contributed by atoms with van der Waals surface area (Å²) < 4.78 is 31.3. The van der Waals surface area contributed by atoms with Crippen molar-refractivity contribution in [3.05, 3.63) is 59.9 Å². The number of nitrogens with zero attached hydrogens (tertiary/aromatic N) is 2. The molecule has 0 radical (unpaired) electrons. The lowest BCUT2D eigenvalue weighted by Gasteiger charge is -2.30. The number of fused-ring (bicyclic) bond motifs is 1. The first kappa shape index (κ1) is 19.2. The van der Waals surface area contributed by atoms with Gasteiger partial charge in [0.1, 0.15) is 11.9 Å². The van der Waals surface area contributed by atoms with Gasteiger partial charge in [-0.25, -0.2) is 12.7 Å². The first-order chi connectivity index (χ1) is 13.4. The van der Waals surface area contributed by atoms with Gasteiger partial charge >= 0.3 is 0 Å². The molecule has 0 amide bonds. The zero-order valence-electron chi connectivity index (χ0n) is 15.5. The molecule has 28 heavy (non-hydrogen) atoms. The Morgan fingerprint density at radius 1 is 1.11 bits per heavy atom. The number of sulfonamides is 1. The molecule has 146 valence electrons. The van der Waals surface area contributed by atoms with Crippen molar-refractivity contribution in [3.63, 3.8) is 0 Å². The van der Waals surface area contributed by atoms with Crippen molar-refractivity contribution in [1.82, 2.24) is 9.29 Å². The summed E-state index contributed by atoms with van der Waals surface area (Å²) in [4.78, 5) is 4.24. The van der Waals surface area contributed by atoms with Crippen molar-refractivity contribution in [2.75, 3.05) is 19.3 Å². The van der Waals surface area contributed by atoms with Crippen LogP contribution in [0, 0.1) is 0 Å². The van der Waals surface area contributed by atoms with Crippen LogP contribution in [0.5, 0.6) is 5.75 Å². The first-order valence-electron chi connectivity index (χ1n) is 9.16. The lowest BCUT2D eigenvalue weighted by atomic mass is 10.0. The van der Waals surface area contributed by atoms with Gasteiger partial charge in [-0.2, -0.15) is 0 Å². The van der Waals surface area contributed by atoms with Gasteiger partial charge in [0.05, 0.1) is 6.26 Å². The van der Waals surface area contributed by atoms with Gasteiger partial charge in [0.15, 0.2) is 0 Å². The van der Waals surface area contributed by atoms with E-state index in [0.717, 1.165) is 27.6 Å². The number of hydrogen-bond acceptors (Lipinski definition) is 4. The fourth-order valence-electron chi connectivity index (χ4n) is 3.56. The Balaban J connectivity index is 1.65. The fourth-order valence-corrected chi connectivity index (χ4v) is 4.62. The van der Waals surface area contributed by atoms with Gasteiger partial charge in [-0.1, -0.05) is 23.7 Å². The Bertz CT molecular complexity index is 1110. The minimum atomic E-state index is -3.15. The van der Waals surface area contributed by atoms with E-state index in [1.807, 2.05) is 36.4 Å². The normalized spacial score (nSPS) is 16.4. The minimum absolute atomic E-state index is 0.0315. The number of pyridine rings is 1.